The Morgan fingerprint density at radius 3 is 2.40 bits per heavy atom. The van der Waals surface area contributed by atoms with Gasteiger partial charge in [-0.3, -0.25) is 0 Å². The molecular weight excluding hydrogens is 276 g/mol. The van der Waals surface area contributed by atoms with Crippen LogP contribution in [0, 0.1) is 5.92 Å². The van der Waals surface area contributed by atoms with Crippen LogP contribution in [-0.2, 0) is 21.5 Å². The summed E-state index contributed by atoms with van der Waals surface area (Å²) in [5, 5.41) is 0. The Hall–Kier alpha value is -1.24. The van der Waals surface area contributed by atoms with Crippen molar-refractivity contribution in [2.75, 3.05) is 20.1 Å². The number of rotatable bonds is 5. The number of carbonyl (C=O) groups excluding carboxylic acids is 1. The second kappa shape index (κ2) is 6.47. The van der Waals surface area contributed by atoms with Gasteiger partial charge in [-0.05, 0) is 18.4 Å². The summed E-state index contributed by atoms with van der Waals surface area (Å²) >= 11 is 0. The fourth-order valence-corrected chi connectivity index (χ4v) is 3.74. The van der Waals surface area contributed by atoms with E-state index < -0.39 is 10.2 Å². The van der Waals surface area contributed by atoms with Crippen LogP contribution in [-0.4, -0.2) is 43.5 Å². The smallest absolute Gasteiger partial charge is 0.282 e. The summed E-state index contributed by atoms with van der Waals surface area (Å²) in [5.41, 5.74) is 0.960. The van der Waals surface area contributed by atoms with Crippen LogP contribution in [0.5, 0.6) is 0 Å². The minimum absolute atomic E-state index is 0.000814. The van der Waals surface area contributed by atoms with Crippen LogP contribution in [0.3, 0.4) is 0 Å². The molecule has 1 fully saturated rings. The first-order valence-electron chi connectivity index (χ1n) is 6.74. The Bertz CT molecular complexity index is 537. The zero-order valence-corrected chi connectivity index (χ0v) is 12.4. The number of aldehydes is 1. The number of nitrogens with zero attached hydrogens (tertiary/aromatic N) is 2. The van der Waals surface area contributed by atoms with Crippen LogP contribution < -0.4 is 0 Å². The molecule has 0 aliphatic carbocycles. The molecule has 20 heavy (non-hydrogen) atoms. The number of benzene rings is 1. The molecule has 5 nitrogen and oxygen atoms in total. The first-order valence-corrected chi connectivity index (χ1v) is 8.14. The van der Waals surface area contributed by atoms with Gasteiger partial charge in [0.15, 0.2) is 0 Å². The summed E-state index contributed by atoms with van der Waals surface area (Å²) in [6, 6.07) is 9.51. The minimum Gasteiger partial charge on any atom is -0.303 e. The lowest BCUT2D eigenvalue weighted by molar-refractivity contribution is -0.112. The maximum absolute atomic E-state index is 12.4. The summed E-state index contributed by atoms with van der Waals surface area (Å²) in [5.74, 6) is 0.000814. The van der Waals surface area contributed by atoms with Gasteiger partial charge >= 0.3 is 0 Å². The van der Waals surface area contributed by atoms with Crippen molar-refractivity contribution in [2.45, 2.75) is 19.4 Å². The Labute approximate surface area is 120 Å². The first kappa shape index (κ1) is 15.2. The lowest BCUT2D eigenvalue weighted by Crippen LogP contribution is -2.45. The van der Waals surface area contributed by atoms with E-state index in [4.69, 9.17) is 0 Å². The van der Waals surface area contributed by atoms with Crippen LogP contribution in [0.2, 0.25) is 0 Å². The van der Waals surface area contributed by atoms with E-state index in [2.05, 4.69) is 0 Å². The van der Waals surface area contributed by atoms with Crippen molar-refractivity contribution < 1.29 is 13.2 Å². The van der Waals surface area contributed by atoms with Gasteiger partial charge < -0.3 is 4.79 Å². The third-order valence-electron chi connectivity index (χ3n) is 3.66. The first-order chi connectivity index (χ1) is 9.54. The zero-order chi connectivity index (χ0) is 14.6. The lowest BCUT2D eigenvalue weighted by atomic mass is 10.0. The van der Waals surface area contributed by atoms with E-state index in [0.29, 0.717) is 32.5 Å². The molecule has 1 aromatic rings. The summed E-state index contributed by atoms with van der Waals surface area (Å²) in [7, 11) is -1.85. The van der Waals surface area contributed by atoms with Crippen molar-refractivity contribution in [3.05, 3.63) is 35.9 Å². The molecule has 2 rings (SSSR count). The normalized spacial score (nSPS) is 18.3. The van der Waals surface area contributed by atoms with Crippen molar-refractivity contribution in [1.29, 1.82) is 0 Å². The highest BCUT2D eigenvalue weighted by atomic mass is 32.2. The van der Waals surface area contributed by atoms with Crippen molar-refractivity contribution in [2.24, 2.45) is 5.92 Å². The average Bonchev–Trinajstić information content (AvgIpc) is 2.48. The second-order valence-electron chi connectivity index (χ2n) is 5.12. The third-order valence-corrected chi connectivity index (χ3v) is 5.59. The van der Waals surface area contributed by atoms with Gasteiger partial charge in [0.05, 0.1) is 0 Å². The van der Waals surface area contributed by atoms with Gasteiger partial charge in [0.1, 0.15) is 6.29 Å². The van der Waals surface area contributed by atoms with Crippen LogP contribution in [0.25, 0.3) is 0 Å². The van der Waals surface area contributed by atoms with E-state index in [1.165, 1.54) is 8.61 Å². The highest BCUT2D eigenvalue weighted by Crippen LogP contribution is 2.20. The SMILES string of the molecule is CN(Cc1ccccc1)S(=O)(=O)N1CCC(C=O)CC1. The van der Waals surface area contributed by atoms with Gasteiger partial charge in [-0.1, -0.05) is 30.3 Å². The fourth-order valence-electron chi connectivity index (χ4n) is 2.36. The average molecular weight is 296 g/mol. The zero-order valence-electron chi connectivity index (χ0n) is 11.6. The second-order valence-corrected chi connectivity index (χ2v) is 7.16. The minimum atomic E-state index is -3.44. The molecule has 0 atom stereocenters. The van der Waals surface area contributed by atoms with Crippen LogP contribution in [0.15, 0.2) is 30.3 Å². The molecule has 1 aliphatic rings. The number of piperidine rings is 1. The summed E-state index contributed by atoms with van der Waals surface area (Å²) < 4.78 is 27.7. The molecule has 6 heteroatoms. The molecule has 1 saturated heterocycles. The topological polar surface area (TPSA) is 57.7 Å². The molecule has 1 aliphatic heterocycles. The summed E-state index contributed by atoms with van der Waals surface area (Å²) in [6.45, 7) is 1.20. The summed E-state index contributed by atoms with van der Waals surface area (Å²) in [6.07, 6.45) is 2.15. The molecule has 110 valence electrons. The van der Waals surface area contributed by atoms with E-state index in [9.17, 15) is 13.2 Å². The monoisotopic (exact) mass is 296 g/mol. The van der Waals surface area contributed by atoms with E-state index in [-0.39, 0.29) is 5.92 Å². The van der Waals surface area contributed by atoms with Gasteiger partial charge in [-0.15, -0.1) is 0 Å². The van der Waals surface area contributed by atoms with E-state index >= 15 is 0 Å². The van der Waals surface area contributed by atoms with Gasteiger partial charge in [0.2, 0.25) is 0 Å². The Morgan fingerprint density at radius 1 is 1.25 bits per heavy atom. The van der Waals surface area contributed by atoms with Crippen molar-refractivity contribution in [3.8, 4) is 0 Å². The fraction of sp³-hybridized carbons (Fsp3) is 0.500. The highest BCUT2D eigenvalue weighted by Gasteiger charge is 2.30. The number of hydrogen-bond donors (Lipinski definition) is 0. The predicted molar refractivity (Wildman–Crippen MR) is 77.2 cm³/mol. The maximum atomic E-state index is 12.4. The van der Waals surface area contributed by atoms with Gasteiger partial charge in [0.25, 0.3) is 10.2 Å². The highest BCUT2D eigenvalue weighted by molar-refractivity contribution is 7.86. The van der Waals surface area contributed by atoms with E-state index in [1.54, 1.807) is 7.05 Å². The molecule has 0 spiro atoms. The Balaban J connectivity index is 2.01. The van der Waals surface area contributed by atoms with E-state index in [1.807, 2.05) is 30.3 Å². The molecule has 0 unspecified atom stereocenters. The van der Waals surface area contributed by atoms with Gasteiger partial charge in [-0.25, -0.2) is 0 Å². The van der Waals surface area contributed by atoms with Gasteiger partial charge in [-0.2, -0.15) is 17.0 Å². The quantitative estimate of drug-likeness (QED) is 0.769. The van der Waals surface area contributed by atoms with Crippen molar-refractivity contribution in [3.63, 3.8) is 0 Å². The Morgan fingerprint density at radius 2 is 1.85 bits per heavy atom. The predicted octanol–water partition coefficient (Wildman–Crippen LogP) is 1.27. The maximum Gasteiger partial charge on any atom is 0.282 e. The molecule has 0 bridgehead atoms. The largest absolute Gasteiger partial charge is 0.303 e. The molecule has 0 radical (unpaired) electrons. The molecular formula is C14H20N2O3S. The van der Waals surface area contributed by atoms with E-state index in [0.717, 1.165) is 11.8 Å². The molecule has 1 aromatic carbocycles. The standard InChI is InChI=1S/C14H20N2O3S/c1-15(11-13-5-3-2-4-6-13)20(18,19)16-9-7-14(12-17)8-10-16/h2-6,12,14H,7-11H2,1H3. The van der Waals surface area contributed by atoms with Gasteiger partial charge in [0, 0.05) is 32.6 Å². The Kier molecular flexibility index (Phi) is 4.91. The lowest BCUT2D eigenvalue weighted by Gasteiger charge is -2.32. The molecule has 0 N–H and O–H groups in total. The van der Waals surface area contributed by atoms with Crippen molar-refractivity contribution >= 4 is 16.5 Å². The molecule has 0 amide bonds. The van der Waals surface area contributed by atoms with Crippen LogP contribution in [0.4, 0.5) is 0 Å². The van der Waals surface area contributed by atoms with Crippen LogP contribution in [0.1, 0.15) is 18.4 Å². The van der Waals surface area contributed by atoms with Crippen LogP contribution >= 0.6 is 0 Å². The number of hydrogen-bond acceptors (Lipinski definition) is 3. The summed E-state index contributed by atoms with van der Waals surface area (Å²) in [4.78, 5) is 10.7. The molecule has 1 heterocycles. The third kappa shape index (κ3) is 3.45. The number of carbonyl (C=O) groups is 1. The molecule has 0 aromatic heterocycles. The van der Waals surface area contributed by atoms with Crippen molar-refractivity contribution in [1.82, 2.24) is 8.61 Å². The molecule has 0 saturated carbocycles.